The molecule has 0 aromatic carbocycles. The molecule has 0 atom stereocenters. The van der Waals surface area contributed by atoms with Gasteiger partial charge in [-0.1, -0.05) is 0 Å². The first-order valence-electron chi connectivity index (χ1n) is 4.58. The number of rotatable bonds is 4. The predicted molar refractivity (Wildman–Crippen MR) is 55.9 cm³/mol. The molecule has 1 heterocycles. The Morgan fingerprint density at radius 3 is 2.92 bits per heavy atom. The molecule has 0 aliphatic heterocycles. The summed E-state index contributed by atoms with van der Waals surface area (Å²) in [5.74, 6) is 0. The lowest BCUT2D eigenvalue weighted by molar-refractivity contribution is 0.804. The highest BCUT2D eigenvalue weighted by molar-refractivity contribution is 5.51. The van der Waals surface area contributed by atoms with Gasteiger partial charge >= 0.3 is 0 Å². The van der Waals surface area contributed by atoms with Crippen LogP contribution in [-0.4, -0.2) is 25.6 Å². The fourth-order valence-electron chi connectivity index (χ4n) is 1.29. The monoisotopic (exact) mass is 179 g/mol. The van der Waals surface area contributed by atoms with Crippen LogP contribution in [0.5, 0.6) is 0 Å². The zero-order valence-electron chi connectivity index (χ0n) is 8.54. The first kappa shape index (κ1) is 9.99. The van der Waals surface area contributed by atoms with Crippen LogP contribution in [0.25, 0.3) is 0 Å². The van der Waals surface area contributed by atoms with Crippen molar-refractivity contribution in [3.63, 3.8) is 0 Å². The Labute approximate surface area is 79.8 Å². The molecular weight excluding hydrogens is 162 g/mol. The second-order valence-corrected chi connectivity index (χ2v) is 3.05. The standard InChI is InChI=1S/C10H17N3/c1-4-13(3)10-5-6-12-8-9(10)7-11-2/h5-6,8,11H,4,7H2,1-3H3. The number of hydrogen-bond donors (Lipinski definition) is 1. The molecule has 3 heteroatoms. The van der Waals surface area contributed by atoms with Gasteiger partial charge in [-0.25, -0.2) is 0 Å². The average Bonchev–Trinajstić information content (AvgIpc) is 2.18. The number of hydrogen-bond acceptors (Lipinski definition) is 3. The van der Waals surface area contributed by atoms with E-state index in [4.69, 9.17) is 0 Å². The molecule has 1 aromatic rings. The van der Waals surface area contributed by atoms with Gasteiger partial charge in [0.05, 0.1) is 0 Å². The van der Waals surface area contributed by atoms with Gasteiger partial charge in [0.1, 0.15) is 0 Å². The summed E-state index contributed by atoms with van der Waals surface area (Å²) in [6.07, 6.45) is 3.75. The zero-order chi connectivity index (χ0) is 9.68. The summed E-state index contributed by atoms with van der Waals surface area (Å²) in [6.45, 7) is 4.03. The lowest BCUT2D eigenvalue weighted by atomic mass is 10.2. The highest BCUT2D eigenvalue weighted by Crippen LogP contribution is 2.16. The Balaban J connectivity index is 2.90. The third-order valence-electron chi connectivity index (χ3n) is 2.13. The van der Waals surface area contributed by atoms with Crippen molar-refractivity contribution < 1.29 is 0 Å². The lowest BCUT2D eigenvalue weighted by Crippen LogP contribution is -2.19. The largest absolute Gasteiger partial charge is 0.375 e. The molecule has 0 saturated carbocycles. The van der Waals surface area contributed by atoms with Crippen molar-refractivity contribution in [2.24, 2.45) is 0 Å². The Kier molecular flexibility index (Phi) is 3.71. The fraction of sp³-hybridized carbons (Fsp3) is 0.500. The van der Waals surface area contributed by atoms with E-state index in [-0.39, 0.29) is 0 Å². The molecule has 0 spiro atoms. The van der Waals surface area contributed by atoms with Gasteiger partial charge in [0.25, 0.3) is 0 Å². The molecule has 1 N–H and O–H groups in total. The fourth-order valence-corrected chi connectivity index (χ4v) is 1.29. The Hall–Kier alpha value is -1.09. The van der Waals surface area contributed by atoms with Crippen LogP contribution in [0.4, 0.5) is 5.69 Å². The summed E-state index contributed by atoms with van der Waals surface area (Å²) < 4.78 is 0. The van der Waals surface area contributed by atoms with E-state index in [2.05, 4.69) is 35.2 Å². The van der Waals surface area contributed by atoms with E-state index in [1.54, 1.807) is 0 Å². The van der Waals surface area contributed by atoms with E-state index >= 15 is 0 Å². The number of pyridine rings is 1. The lowest BCUT2D eigenvalue weighted by Gasteiger charge is -2.19. The van der Waals surface area contributed by atoms with Crippen LogP contribution in [-0.2, 0) is 6.54 Å². The molecule has 0 aliphatic carbocycles. The van der Waals surface area contributed by atoms with E-state index in [1.165, 1.54) is 11.3 Å². The summed E-state index contributed by atoms with van der Waals surface area (Å²) >= 11 is 0. The molecule has 0 radical (unpaired) electrons. The number of nitrogens with zero attached hydrogens (tertiary/aromatic N) is 2. The summed E-state index contributed by atoms with van der Waals surface area (Å²) in [6, 6.07) is 2.05. The summed E-state index contributed by atoms with van der Waals surface area (Å²) in [5, 5.41) is 3.14. The van der Waals surface area contributed by atoms with Crippen LogP contribution in [0.15, 0.2) is 18.5 Å². The van der Waals surface area contributed by atoms with Crippen molar-refractivity contribution in [3.05, 3.63) is 24.0 Å². The second-order valence-electron chi connectivity index (χ2n) is 3.05. The Morgan fingerprint density at radius 2 is 2.31 bits per heavy atom. The molecular formula is C10H17N3. The van der Waals surface area contributed by atoms with Crippen molar-refractivity contribution in [1.82, 2.24) is 10.3 Å². The molecule has 3 nitrogen and oxygen atoms in total. The van der Waals surface area contributed by atoms with Gasteiger partial charge in [-0.2, -0.15) is 0 Å². The van der Waals surface area contributed by atoms with E-state index in [0.29, 0.717) is 0 Å². The van der Waals surface area contributed by atoms with E-state index in [9.17, 15) is 0 Å². The normalized spacial score (nSPS) is 10.1. The first-order valence-corrected chi connectivity index (χ1v) is 4.58. The predicted octanol–water partition coefficient (Wildman–Crippen LogP) is 1.26. The van der Waals surface area contributed by atoms with Crippen molar-refractivity contribution in [2.75, 3.05) is 25.5 Å². The van der Waals surface area contributed by atoms with Crippen LogP contribution in [0.1, 0.15) is 12.5 Å². The topological polar surface area (TPSA) is 28.2 Å². The van der Waals surface area contributed by atoms with Crippen molar-refractivity contribution in [1.29, 1.82) is 0 Å². The van der Waals surface area contributed by atoms with Crippen molar-refractivity contribution in [2.45, 2.75) is 13.5 Å². The minimum Gasteiger partial charge on any atom is -0.375 e. The number of anilines is 1. The number of aromatic nitrogens is 1. The minimum absolute atomic E-state index is 0.869. The SMILES string of the molecule is CCN(C)c1ccncc1CNC. The minimum atomic E-state index is 0.869. The smallest absolute Gasteiger partial charge is 0.0440 e. The first-order chi connectivity index (χ1) is 6.29. The highest BCUT2D eigenvalue weighted by Gasteiger charge is 2.03. The van der Waals surface area contributed by atoms with Crippen molar-refractivity contribution >= 4 is 5.69 Å². The van der Waals surface area contributed by atoms with Gasteiger partial charge in [0.2, 0.25) is 0 Å². The average molecular weight is 179 g/mol. The van der Waals surface area contributed by atoms with E-state index < -0.39 is 0 Å². The maximum absolute atomic E-state index is 4.11. The highest BCUT2D eigenvalue weighted by atomic mass is 15.1. The third kappa shape index (κ3) is 2.42. The molecule has 0 aliphatic rings. The van der Waals surface area contributed by atoms with Crippen molar-refractivity contribution in [3.8, 4) is 0 Å². The van der Waals surface area contributed by atoms with Crippen LogP contribution in [0, 0.1) is 0 Å². The van der Waals surface area contributed by atoms with Crippen LogP contribution < -0.4 is 10.2 Å². The van der Waals surface area contributed by atoms with E-state index in [0.717, 1.165) is 13.1 Å². The second kappa shape index (κ2) is 4.82. The molecule has 72 valence electrons. The molecule has 0 saturated heterocycles. The quantitative estimate of drug-likeness (QED) is 0.754. The number of nitrogens with one attached hydrogen (secondary N) is 1. The van der Waals surface area contributed by atoms with Crippen LogP contribution in [0.2, 0.25) is 0 Å². The van der Waals surface area contributed by atoms with Crippen LogP contribution in [0.3, 0.4) is 0 Å². The Morgan fingerprint density at radius 1 is 1.54 bits per heavy atom. The molecule has 1 aromatic heterocycles. The van der Waals surface area contributed by atoms with Gasteiger partial charge in [-0.05, 0) is 20.0 Å². The van der Waals surface area contributed by atoms with Gasteiger partial charge in [0.15, 0.2) is 0 Å². The molecule has 13 heavy (non-hydrogen) atoms. The van der Waals surface area contributed by atoms with Gasteiger partial charge < -0.3 is 10.2 Å². The zero-order valence-corrected chi connectivity index (χ0v) is 8.54. The molecule has 0 bridgehead atoms. The maximum Gasteiger partial charge on any atom is 0.0440 e. The van der Waals surface area contributed by atoms with Gasteiger partial charge in [-0.3, -0.25) is 4.98 Å². The maximum atomic E-state index is 4.11. The van der Waals surface area contributed by atoms with Gasteiger partial charge in [0, 0.05) is 43.8 Å². The third-order valence-corrected chi connectivity index (χ3v) is 2.13. The molecule has 1 rings (SSSR count). The summed E-state index contributed by atoms with van der Waals surface area (Å²) in [4.78, 5) is 6.33. The molecule has 0 unspecified atom stereocenters. The molecule has 0 fully saturated rings. The Bertz CT molecular complexity index is 260. The summed E-state index contributed by atoms with van der Waals surface area (Å²) in [5.41, 5.74) is 2.50. The van der Waals surface area contributed by atoms with E-state index in [1.807, 2.05) is 19.4 Å². The van der Waals surface area contributed by atoms with Gasteiger partial charge in [-0.15, -0.1) is 0 Å². The molecule has 0 amide bonds. The van der Waals surface area contributed by atoms with Crippen LogP contribution >= 0.6 is 0 Å². The summed E-state index contributed by atoms with van der Waals surface area (Å²) in [7, 11) is 4.04.